The van der Waals surface area contributed by atoms with Gasteiger partial charge in [-0.15, -0.1) is 0 Å². The maximum Gasteiger partial charge on any atom is 0.193 e. The number of benzene rings is 1. The van der Waals surface area contributed by atoms with Gasteiger partial charge in [-0.3, -0.25) is 4.99 Å². The van der Waals surface area contributed by atoms with Gasteiger partial charge >= 0.3 is 0 Å². The maximum absolute atomic E-state index is 9.59. The molecule has 0 radical (unpaired) electrons. The summed E-state index contributed by atoms with van der Waals surface area (Å²) in [5.74, 6) is 1.72. The van der Waals surface area contributed by atoms with Gasteiger partial charge in [-0.25, -0.2) is 0 Å². The molecule has 2 N–H and O–H groups in total. The fourth-order valence-corrected chi connectivity index (χ4v) is 3.11. The first-order chi connectivity index (χ1) is 10.3. The minimum atomic E-state index is -0.133. The first kappa shape index (κ1) is 14.4. The molecule has 2 aliphatic rings. The van der Waals surface area contributed by atoms with Crippen molar-refractivity contribution in [3.8, 4) is 0 Å². The van der Waals surface area contributed by atoms with Gasteiger partial charge in [0.25, 0.3) is 0 Å². The number of aliphatic imine (C=N–C) groups is 1. The second kappa shape index (κ2) is 6.48. The molecule has 1 aromatic carbocycles. The van der Waals surface area contributed by atoms with Crippen LogP contribution in [0.2, 0.25) is 0 Å². The minimum absolute atomic E-state index is 0.133. The summed E-state index contributed by atoms with van der Waals surface area (Å²) in [5.41, 5.74) is 1.42. The third-order valence-corrected chi connectivity index (χ3v) is 4.55. The average molecular weight is 287 g/mol. The summed E-state index contributed by atoms with van der Waals surface area (Å²) in [6.07, 6.45) is 3.93. The Morgan fingerprint density at radius 3 is 2.67 bits per heavy atom. The van der Waals surface area contributed by atoms with E-state index >= 15 is 0 Å². The minimum Gasteiger partial charge on any atom is -0.393 e. The highest BCUT2D eigenvalue weighted by Crippen LogP contribution is 2.34. The average Bonchev–Trinajstić information content (AvgIpc) is 3.24. The largest absolute Gasteiger partial charge is 0.393 e. The zero-order valence-corrected chi connectivity index (χ0v) is 12.7. The Labute approximate surface area is 126 Å². The molecule has 21 heavy (non-hydrogen) atoms. The predicted molar refractivity (Wildman–Crippen MR) is 85.3 cm³/mol. The first-order valence-corrected chi connectivity index (χ1v) is 7.96. The lowest BCUT2D eigenvalue weighted by atomic mass is 10.1. The van der Waals surface area contributed by atoms with Crippen LogP contribution < -0.4 is 5.32 Å². The number of hydrogen-bond acceptors (Lipinski definition) is 2. The van der Waals surface area contributed by atoms with Gasteiger partial charge in [-0.1, -0.05) is 30.3 Å². The number of nitrogens with one attached hydrogen (secondary N) is 1. The molecule has 1 heterocycles. The van der Waals surface area contributed by atoms with Crippen molar-refractivity contribution in [1.82, 2.24) is 10.2 Å². The van der Waals surface area contributed by atoms with Crippen molar-refractivity contribution in [2.45, 2.75) is 37.8 Å². The second-order valence-electron chi connectivity index (χ2n) is 6.20. The van der Waals surface area contributed by atoms with Gasteiger partial charge < -0.3 is 15.3 Å². The summed E-state index contributed by atoms with van der Waals surface area (Å²) < 4.78 is 0. The molecule has 0 amide bonds. The number of aliphatic hydroxyl groups is 1. The van der Waals surface area contributed by atoms with E-state index < -0.39 is 0 Å². The molecule has 4 nitrogen and oxygen atoms in total. The number of rotatable bonds is 3. The highest BCUT2D eigenvalue weighted by molar-refractivity contribution is 5.80. The van der Waals surface area contributed by atoms with E-state index in [-0.39, 0.29) is 6.10 Å². The monoisotopic (exact) mass is 287 g/mol. The molecular weight excluding hydrogens is 262 g/mol. The molecule has 0 bridgehead atoms. The highest BCUT2D eigenvalue weighted by atomic mass is 16.3. The van der Waals surface area contributed by atoms with E-state index in [0.29, 0.717) is 6.04 Å². The first-order valence-electron chi connectivity index (χ1n) is 7.96. The van der Waals surface area contributed by atoms with E-state index in [9.17, 15) is 5.11 Å². The van der Waals surface area contributed by atoms with Crippen molar-refractivity contribution in [2.75, 3.05) is 20.1 Å². The van der Waals surface area contributed by atoms with Crippen LogP contribution in [0, 0.1) is 5.92 Å². The van der Waals surface area contributed by atoms with E-state index in [1.165, 1.54) is 12.0 Å². The van der Waals surface area contributed by atoms with Gasteiger partial charge in [0.15, 0.2) is 5.96 Å². The lowest BCUT2D eigenvalue weighted by Crippen LogP contribution is -2.47. The molecule has 0 spiro atoms. The van der Waals surface area contributed by atoms with Crippen molar-refractivity contribution >= 4 is 5.96 Å². The summed E-state index contributed by atoms with van der Waals surface area (Å²) in [6, 6.07) is 11.2. The summed E-state index contributed by atoms with van der Waals surface area (Å²) in [6.45, 7) is 1.80. The quantitative estimate of drug-likeness (QED) is 0.656. The molecule has 1 aliphatic heterocycles. The molecule has 4 heteroatoms. The number of aliphatic hydroxyl groups excluding tert-OH is 1. The van der Waals surface area contributed by atoms with Gasteiger partial charge in [0.2, 0.25) is 0 Å². The molecule has 0 aromatic heterocycles. The van der Waals surface area contributed by atoms with E-state index in [1.807, 2.05) is 7.05 Å². The Bertz CT molecular complexity index is 480. The fourth-order valence-electron chi connectivity index (χ4n) is 3.11. The normalized spacial score (nSPS) is 26.8. The maximum atomic E-state index is 9.59. The van der Waals surface area contributed by atoms with Gasteiger partial charge in [-0.2, -0.15) is 0 Å². The molecule has 1 saturated heterocycles. The van der Waals surface area contributed by atoms with Crippen LogP contribution in [0.4, 0.5) is 0 Å². The van der Waals surface area contributed by atoms with Gasteiger partial charge in [0.05, 0.1) is 6.10 Å². The Hall–Kier alpha value is -1.55. The zero-order chi connectivity index (χ0) is 14.7. The third-order valence-electron chi connectivity index (χ3n) is 4.55. The van der Waals surface area contributed by atoms with Gasteiger partial charge in [0.1, 0.15) is 0 Å². The number of hydrogen-bond donors (Lipinski definition) is 2. The standard InChI is InChI=1S/C17H25N3O/c1-18-17(20-9-7-15(21)8-10-20)19-16-12-14(16)11-13-5-3-2-4-6-13/h2-6,14-16,21H,7-12H2,1H3,(H,18,19). The van der Waals surface area contributed by atoms with Crippen molar-refractivity contribution in [3.05, 3.63) is 35.9 Å². The Balaban J connectivity index is 1.48. The van der Waals surface area contributed by atoms with Crippen molar-refractivity contribution in [2.24, 2.45) is 10.9 Å². The van der Waals surface area contributed by atoms with Crippen molar-refractivity contribution in [3.63, 3.8) is 0 Å². The summed E-state index contributed by atoms with van der Waals surface area (Å²) in [4.78, 5) is 6.68. The van der Waals surface area contributed by atoms with Crippen molar-refractivity contribution in [1.29, 1.82) is 0 Å². The van der Waals surface area contributed by atoms with Crippen LogP contribution in [0.15, 0.2) is 35.3 Å². The third kappa shape index (κ3) is 3.76. The van der Waals surface area contributed by atoms with Crippen LogP contribution in [-0.2, 0) is 6.42 Å². The number of guanidine groups is 1. The smallest absolute Gasteiger partial charge is 0.193 e. The molecular formula is C17H25N3O. The molecule has 2 fully saturated rings. The van der Waals surface area contributed by atoms with Crippen LogP contribution in [0.3, 0.4) is 0 Å². The number of likely N-dealkylation sites (tertiary alicyclic amines) is 1. The molecule has 2 atom stereocenters. The predicted octanol–water partition coefficient (Wildman–Crippen LogP) is 1.65. The second-order valence-corrected chi connectivity index (χ2v) is 6.20. The van der Waals surface area contributed by atoms with Crippen LogP contribution in [-0.4, -0.2) is 48.2 Å². The van der Waals surface area contributed by atoms with E-state index in [1.54, 1.807) is 0 Å². The van der Waals surface area contributed by atoms with Crippen LogP contribution >= 0.6 is 0 Å². The van der Waals surface area contributed by atoms with Crippen molar-refractivity contribution < 1.29 is 5.11 Å². The van der Waals surface area contributed by atoms with E-state index in [0.717, 1.165) is 44.2 Å². The topological polar surface area (TPSA) is 47.9 Å². The Morgan fingerprint density at radius 2 is 2.00 bits per heavy atom. The van der Waals surface area contributed by atoms with Crippen LogP contribution in [0.5, 0.6) is 0 Å². The van der Waals surface area contributed by atoms with Gasteiger partial charge in [0, 0.05) is 26.2 Å². The fraction of sp³-hybridized carbons (Fsp3) is 0.588. The summed E-state index contributed by atoms with van der Waals surface area (Å²) in [5, 5.41) is 13.2. The van der Waals surface area contributed by atoms with Crippen LogP contribution in [0.25, 0.3) is 0 Å². The summed E-state index contributed by atoms with van der Waals surface area (Å²) >= 11 is 0. The molecule has 3 rings (SSSR count). The van der Waals surface area contributed by atoms with E-state index in [4.69, 9.17) is 0 Å². The molecule has 2 unspecified atom stereocenters. The number of nitrogens with zero attached hydrogens (tertiary/aromatic N) is 2. The Kier molecular flexibility index (Phi) is 4.44. The van der Waals surface area contributed by atoms with Gasteiger partial charge in [-0.05, 0) is 37.2 Å². The SMILES string of the molecule is CN=C(NC1CC1Cc1ccccc1)N1CCC(O)CC1. The zero-order valence-electron chi connectivity index (χ0n) is 12.7. The molecule has 1 aromatic rings. The molecule has 1 aliphatic carbocycles. The lowest BCUT2D eigenvalue weighted by Gasteiger charge is -2.32. The van der Waals surface area contributed by atoms with Crippen LogP contribution in [0.1, 0.15) is 24.8 Å². The molecule has 1 saturated carbocycles. The lowest BCUT2D eigenvalue weighted by molar-refractivity contribution is 0.108. The van der Waals surface area contributed by atoms with E-state index in [2.05, 4.69) is 45.5 Å². The highest BCUT2D eigenvalue weighted by Gasteiger charge is 2.38. The molecule has 114 valence electrons. The number of piperidine rings is 1. The summed E-state index contributed by atoms with van der Waals surface area (Å²) in [7, 11) is 1.85. The Morgan fingerprint density at radius 1 is 1.29 bits per heavy atom.